The Balaban J connectivity index is 1.31. The van der Waals surface area contributed by atoms with E-state index in [2.05, 4.69) is 36.6 Å². The maximum Gasteiger partial charge on any atom is 0.245 e. The van der Waals surface area contributed by atoms with Gasteiger partial charge in [0.2, 0.25) is 35.4 Å². The number of H-pyrrole nitrogens is 1. The molecule has 2 aliphatic heterocycles. The summed E-state index contributed by atoms with van der Waals surface area (Å²) in [5.41, 5.74) is 13.2. The third-order valence-corrected chi connectivity index (χ3v) is 13.0. The number of nitrogens with two attached hydrogens (primary N) is 2. The molecule has 3 aliphatic rings. The molecule has 66 heavy (non-hydrogen) atoms. The van der Waals surface area contributed by atoms with Crippen LogP contribution in [0.5, 0.6) is 0 Å². The fourth-order valence-electron chi connectivity index (χ4n) is 9.60. The Morgan fingerprint density at radius 2 is 1.67 bits per heavy atom. The van der Waals surface area contributed by atoms with Crippen LogP contribution in [-0.2, 0) is 46.4 Å². The van der Waals surface area contributed by atoms with Crippen LogP contribution in [0.1, 0.15) is 102 Å². The first kappa shape index (κ1) is 49.1. The van der Waals surface area contributed by atoms with Crippen molar-refractivity contribution < 1.29 is 38.0 Å². The number of ketones is 1. The maximum atomic E-state index is 14.6. The van der Waals surface area contributed by atoms with E-state index in [0.29, 0.717) is 31.2 Å². The molecule has 10 N–H and O–H groups in total. The largest absolute Gasteiger partial charge is 0.370 e. The molecule has 3 aromatic rings. The van der Waals surface area contributed by atoms with Gasteiger partial charge in [0.25, 0.3) is 0 Å². The second-order valence-corrected chi connectivity index (χ2v) is 18.0. The Morgan fingerprint density at radius 1 is 0.894 bits per heavy atom. The number of Topliss-reactive ketones (excluding diaryl/α,β-unsaturated/α-hetero) is 1. The Kier molecular flexibility index (Phi) is 17.7. The van der Waals surface area contributed by atoms with E-state index in [9.17, 15) is 38.0 Å². The number of benzene rings is 2. The van der Waals surface area contributed by atoms with Crippen molar-refractivity contribution in [3.05, 3.63) is 71.7 Å². The van der Waals surface area contributed by atoms with Crippen molar-refractivity contribution >= 4 is 58.1 Å². The first-order valence-electron chi connectivity index (χ1n) is 23.4. The van der Waals surface area contributed by atoms with Crippen LogP contribution in [-0.4, -0.2) is 107 Å². The minimum atomic E-state index is -1.19. The highest BCUT2D eigenvalue weighted by atomic mass is 19.1. The Bertz CT molecular complexity index is 2240. The van der Waals surface area contributed by atoms with Crippen molar-refractivity contribution in [3.8, 4) is 0 Å². The van der Waals surface area contributed by atoms with Crippen LogP contribution in [0.25, 0.3) is 10.9 Å². The summed E-state index contributed by atoms with van der Waals surface area (Å²) in [7, 11) is 0. The number of rotatable bonds is 13. The fraction of sp³-hybridized carbons (Fsp3) is 0.542. The number of nitrogens with zero attached hydrogens (tertiary/aromatic N) is 2. The van der Waals surface area contributed by atoms with Gasteiger partial charge in [-0.05, 0) is 80.2 Å². The lowest BCUT2D eigenvalue weighted by Crippen LogP contribution is -2.59. The average Bonchev–Trinajstić information content (AvgIpc) is 3.95. The normalized spacial score (nSPS) is 23.4. The van der Waals surface area contributed by atoms with Gasteiger partial charge in [0.05, 0.1) is 6.04 Å². The number of amides is 6. The number of para-hydroxylation sites is 1. The summed E-state index contributed by atoms with van der Waals surface area (Å²) >= 11 is 0. The molecule has 1 aliphatic carbocycles. The zero-order valence-corrected chi connectivity index (χ0v) is 37.8. The van der Waals surface area contributed by atoms with Crippen LogP contribution >= 0.6 is 0 Å². The van der Waals surface area contributed by atoms with Gasteiger partial charge in [-0.3, -0.25) is 38.6 Å². The van der Waals surface area contributed by atoms with E-state index in [0.717, 1.165) is 48.6 Å². The lowest BCUT2D eigenvalue weighted by molar-refractivity contribution is -0.142. The monoisotopic (exact) mass is 913 g/mol. The summed E-state index contributed by atoms with van der Waals surface area (Å²) in [6.45, 7) is 1.74. The first-order chi connectivity index (χ1) is 31.7. The summed E-state index contributed by atoms with van der Waals surface area (Å²) in [5.74, 6) is -4.88. The van der Waals surface area contributed by atoms with Gasteiger partial charge in [-0.2, -0.15) is 0 Å². The molecule has 0 unspecified atom stereocenters. The molecule has 2 saturated heterocycles. The highest BCUT2D eigenvalue weighted by Gasteiger charge is 2.40. The standard InChI is InChI=1S/C48H65FN10O7/c1-29(60)55-39(25-31-13-7-15-34(49)23-31)44(63)56-37-18-9-20-52-43(62)32(14-8-21-53-48(50)51)27-42(61)38(26-33-28-54-36-17-6-5-16-35(33)36)57-45(64)40(24-30-11-3-2-4-12-30)58-46(65)41-19-10-22-59(41)47(37)66/h5-7,13,15-17,23,28,30,32,37-41,54H,2-4,8-12,14,18-22,24-27H2,1H3,(H,52,62)(H,55,60)(H,56,63)(H,57,64)(H,58,65)(H4,50,51,53)/t32-,37+,38+,39+,40-,41+/m1/s1. The molecule has 18 heteroatoms. The zero-order valence-electron chi connectivity index (χ0n) is 37.8. The Morgan fingerprint density at radius 3 is 2.42 bits per heavy atom. The summed E-state index contributed by atoms with van der Waals surface area (Å²) in [4.78, 5) is 107. The molecule has 6 amide bonds. The molecule has 0 radical (unpaired) electrons. The molecule has 6 atom stereocenters. The van der Waals surface area contributed by atoms with E-state index in [1.54, 1.807) is 6.07 Å². The molecule has 356 valence electrons. The molecule has 17 nitrogen and oxygen atoms in total. The molecule has 6 rings (SSSR count). The van der Waals surface area contributed by atoms with E-state index >= 15 is 0 Å². The van der Waals surface area contributed by atoms with Gasteiger partial charge in [-0.1, -0.05) is 62.4 Å². The Labute approximate surface area is 384 Å². The van der Waals surface area contributed by atoms with E-state index in [1.807, 2.05) is 30.5 Å². The van der Waals surface area contributed by atoms with Crippen LogP contribution < -0.4 is 38.1 Å². The van der Waals surface area contributed by atoms with Gasteiger partial charge in [-0.15, -0.1) is 0 Å². The summed E-state index contributed by atoms with van der Waals surface area (Å²) < 4.78 is 14.1. The van der Waals surface area contributed by atoms with E-state index in [-0.39, 0.29) is 75.8 Å². The second kappa shape index (κ2) is 23.7. The average molecular weight is 913 g/mol. The molecule has 0 spiro atoms. The molecule has 0 bridgehead atoms. The second-order valence-electron chi connectivity index (χ2n) is 18.0. The van der Waals surface area contributed by atoms with Crippen LogP contribution in [0.15, 0.2) is 59.7 Å². The van der Waals surface area contributed by atoms with Crippen molar-refractivity contribution in [2.45, 2.75) is 133 Å². The maximum absolute atomic E-state index is 14.6. The van der Waals surface area contributed by atoms with Crippen molar-refractivity contribution in [1.82, 2.24) is 36.5 Å². The molecule has 3 heterocycles. The van der Waals surface area contributed by atoms with E-state index < -0.39 is 77.4 Å². The number of hydrogen-bond donors (Lipinski definition) is 8. The number of carbonyl (C=O) groups is 7. The van der Waals surface area contributed by atoms with Gasteiger partial charge in [0, 0.05) is 68.8 Å². The van der Waals surface area contributed by atoms with Gasteiger partial charge in [-0.25, -0.2) is 4.39 Å². The molecule has 3 fully saturated rings. The topological polar surface area (TPSA) is 263 Å². The third kappa shape index (κ3) is 13.8. The summed E-state index contributed by atoms with van der Waals surface area (Å²) in [5, 5.41) is 15.2. The SMILES string of the molecule is CC(=O)N[C@@H](Cc1cccc(F)c1)C(=O)N[C@H]1CCCNC(=O)[C@H](CCCN=C(N)N)CC(=O)[C@H](Cc2c[nH]c3ccccc23)NC(=O)[C@@H](CC2CCCCC2)NC(=O)[C@@H]2CCCN2C1=O. The highest BCUT2D eigenvalue weighted by Crippen LogP contribution is 2.29. The quantitative estimate of drug-likeness (QED) is 0.0711. The smallest absolute Gasteiger partial charge is 0.245 e. The number of halogens is 1. The van der Waals surface area contributed by atoms with E-state index in [4.69, 9.17) is 11.5 Å². The van der Waals surface area contributed by atoms with Gasteiger partial charge < -0.3 is 47.9 Å². The minimum absolute atomic E-state index is 0.0376. The number of guanidine groups is 1. The summed E-state index contributed by atoms with van der Waals surface area (Å²) in [6, 6.07) is 7.87. The molecular weight excluding hydrogens is 848 g/mol. The Hall–Kier alpha value is -6.33. The van der Waals surface area contributed by atoms with E-state index in [1.165, 1.54) is 30.0 Å². The number of carbonyl (C=O) groups excluding carboxylic acids is 7. The zero-order chi connectivity index (χ0) is 47.2. The predicted octanol–water partition coefficient (Wildman–Crippen LogP) is 2.55. The number of hydrogen-bond acceptors (Lipinski definition) is 8. The molecule has 1 aromatic heterocycles. The lowest BCUT2D eigenvalue weighted by atomic mass is 9.84. The van der Waals surface area contributed by atoms with Gasteiger partial charge >= 0.3 is 0 Å². The molecule has 2 aromatic carbocycles. The van der Waals surface area contributed by atoms with Crippen molar-refractivity contribution in [2.24, 2.45) is 28.3 Å². The number of nitrogens with one attached hydrogen (secondary N) is 6. The number of fused-ring (bicyclic) bond motifs is 2. The van der Waals surface area contributed by atoms with Crippen LogP contribution in [0, 0.1) is 17.7 Å². The van der Waals surface area contributed by atoms with Crippen LogP contribution in [0.2, 0.25) is 0 Å². The minimum Gasteiger partial charge on any atom is -0.370 e. The number of aliphatic imine (C=N–C) groups is 1. The van der Waals surface area contributed by atoms with Gasteiger partial charge in [0.1, 0.15) is 30.0 Å². The number of aromatic amines is 1. The lowest BCUT2D eigenvalue weighted by Gasteiger charge is -2.32. The summed E-state index contributed by atoms with van der Waals surface area (Å²) in [6.07, 6.45) is 8.46. The van der Waals surface area contributed by atoms with Gasteiger partial charge in [0.15, 0.2) is 11.7 Å². The fourth-order valence-corrected chi connectivity index (χ4v) is 9.60. The van der Waals surface area contributed by atoms with Crippen molar-refractivity contribution in [3.63, 3.8) is 0 Å². The predicted molar refractivity (Wildman–Crippen MR) is 247 cm³/mol. The highest BCUT2D eigenvalue weighted by molar-refractivity contribution is 5.98. The van der Waals surface area contributed by atoms with Crippen LogP contribution in [0.3, 0.4) is 0 Å². The number of aromatic nitrogens is 1. The first-order valence-corrected chi connectivity index (χ1v) is 23.4. The molecular formula is C48H65FN10O7. The van der Waals surface area contributed by atoms with Crippen molar-refractivity contribution in [2.75, 3.05) is 19.6 Å². The molecule has 1 saturated carbocycles. The van der Waals surface area contributed by atoms with Crippen LogP contribution in [0.4, 0.5) is 4.39 Å². The third-order valence-electron chi connectivity index (χ3n) is 13.0. The van der Waals surface area contributed by atoms with Crippen molar-refractivity contribution in [1.29, 1.82) is 0 Å².